The van der Waals surface area contributed by atoms with Crippen LogP contribution in [-0.4, -0.2) is 36.4 Å². The number of halogens is 2. The van der Waals surface area contributed by atoms with E-state index < -0.39 is 23.4 Å². The number of carbonyl (C=O) groups is 3. The van der Waals surface area contributed by atoms with Crippen molar-refractivity contribution in [2.45, 2.75) is 31.3 Å². The minimum Gasteiger partial charge on any atom is -0.497 e. The van der Waals surface area contributed by atoms with E-state index in [2.05, 4.69) is 10.6 Å². The van der Waals surface area contributed by atoms with Crippen molar-refractivity contribution < 1.29 is 19.1 Å². The van der Waals surface area contributed by atoms with Crippen LogP contribution in [0.2, 0.25) is 10.0 Å². The van der Waals surface area contributed by atoms with Crippen molar-refractivity contribution in [2.24, 2.45) is 5.92 Å². The van der Waals surface area contributed by atoms with Crippen molar-refractivity contribution in [2.75, 3.05) is 13.7 Å². The van der Waals surface area contributed by atoms with Crippen LogP contribution >= 0.6 is 23.2 Å². The third-order valence-corrected chi connectivity index (χ3v) is 6.48. The lowest BCUT2D eigenvalue weighted by Crippen LogP contribution is -2.44. The van der Waals surface area contributed by atoms with Gasteiger partial charge in [0.25, 0.3) is 5.91 Å². The molecule has 1 heterocycles. The van der Waals surface area contributed by atoms with Gasteiger partial charge in [0.2, 0.25) is 5.91 Å². The van der Waals surface area contributed by atoms with Gasteiger partial charge >= 0.3 is 6.03 Å². The van der Waals surface area contributed by atoms with Crippen LogP contribution in [0.3, 0.4) is 0 Å². The number of ether oxygens (including phenoxy) is 1. The molecule has 1 aliphatic carbocycles. The SMILES string of the molecule is COc1ccc(C(NC(=O)CN2C(=O)NC(C)(c3ccc(Cl)cc3Cl)C2=O)C2CC2)cc1. The zero-order valence-corrected chi connectivity index (χ0v) is 19.2. The first-order chi connectivity index (χ1) is 15.2. The quantitative estimate of drug-likeness (QED) is 0.591. The van der Waals surface area contributed by atoms with Crippen molar-refractivity contribution in [3.63, 3.8) is 0 Å². The first-order valence-electron chi connectivity index (χ1n) is 10.3. The van der Waals surface area contributed by atoms with Gasteiger partial charge in [0.1, 0.15) is 17.8 Å². The second-order valence-electron chi connectivity index (χ2n) is 8.23. The number of rotatable bonds is 7. The van der Waals surface area contributed by atoms with E-state index in [0.717, 1.165) is 29.1 Å². The van der Waals surface area contributed by atoms with Gasteiger partial charge < -0.3 is 15.4 Å². The summed E-state index contributed by atoms with van der Waals surface area (Å²) >= 11 is 12.2. The van der Waals surface area contributed by atoms with Gasteiger partial charge in [0, 0.05) is 15.6 Å². The van der Waals surface area contributed by atoms with E-state index in [1.165, 1.54) is 6.07 Å². The largest absolute Gasteiger partial charge is 0.497 e. The monoisotopic (exact) mass is 475 g/mol. The highest BCUT2D eigenvalue weighted by molar-refractivity contribution is 6.35. The second kappa shape index (κ2) is 8.64. The standard InChI is InChI=1S/C23H23Cl2N3O4/c1-23(17-10-7-15(24)11-18(17)25)21(30)28(22(31)27-23)12-19(29)26-20(13-3-4-13)14-5-8-16(32-2)9-6-14/h5-11,13,20H,3-4,12H2,1-2H3,(H,26,29)(H,27,31). The lowest BCUT2D eigenvalue weighted by Gasteiger charge is -2.24. The van der Waals surface area contributed by atoms with Crippen molar-refractivity contribution in [3.05, 3.63) is 63.6 Å². The molecule has 0 spiro atoms. The number of urea groups is 1. The number of hydrogen-bond acceptors (Lipinski definition) is 4. The van der Waals surface area contributed by atoms with E-state index in [4.69, 9.17) is 27.9 Å². The summed E-state index contributed by atoms with van der Waals surface area (Å²) in [5.41, 5.74) is -0.0131. The third kappa shape index (κ3) is 4.27. The number of amides is 4. The molecule has 2 aromatic carbocycles. The number of benzene rings is 2. The maximum Gasteiger partial charge on any atom is 0.325 e. The van der Waals surface area contributed by atoms with Gasteiger partial charge in [-0.05, 0) is 55.5 Å². The topological polar surface area (TPSA) is 87.7 Å². The second-order valence-corrected chi connectivity index (χ2v) is 9.07. The normalized spacial score (nSPS) is 21.3. The van der Waals surface area contributed by atoms with Crippen LogP contribution in [0.4, 0.5) is 4.79 Å². The van der Waals surface area contributed by atoms with E-state index in [-0.39, 0.29) is 17.6 Å². The maximum atomic E-state index is 13.1. The highest BCUT2D eigenvalue weighted by Gasteiger charge is 2.50. The van der Waals surface area contributed by atoms with Gasteiger partial charge in [0.15, 0.2) is 0 Å². The summed E-state index contributed by atoms with van der Waals surface area (Å²) in [6.45, 7) is 1.18. The molecular weight excluding hydrogens is 453 g/mol. The molecule has 0 aromatic heterocycles. The van der Waals surface area contributed by atoms with Crippen LogP contribution in [0, 0.1) is 5.92 Å². The molecule has 2 atom stereocenters. The van der Waals surface area contributed by atoms with E-state index in [1.54, 1.807) is 26.2 Å². The van der Waals surface area contributed by atoms with Crippen molar-refractivity contribution in [1.29, 1.82) is 0 Å². The van der Waals surface area contributed by atoms with Gasteiger partial charge in [-0.2, -0.15) is 0 Å². The number of nitrogens with zero attached hydrogens (tertiary/aromatic N) is 1. The Morgan fingerprint density at radius 2 is 1.91 bits per heavy atom. The molecule has 1 aliphatic heterocycles. The Morgan fingerprint density at radius 3 is 2.50 bits per heavy atom. The Balaban J connectivity index is 1.48. The fourth-order valence-electron chi connectivity index (χ4n) is 3.99. The van der Waals surface area contributed by atoms with Gasteiger partial charge in [-0.25, -0.2) is 4.79 Å². The van der Waals surface area contributed by atoms with E-state index >= 15 is 0 Å². The van der Waals surface area contributed by atoms with Crippen LogP contribution in [0.1, 0.15) is 36.9 Å². The molecule has 2 aliphatic rings. The lowest BCUT2D eigenvalue weighted by atomic mass is 9.92. The summed E-state index contributed by atoms with van der Waals surface area (Å²) in [6.07, 6.45) is 2.01. The molecule has 4 amide bonds. The molecule has 2 aromatic rings. The smallest absolute Gasteiger partial charge is 0.325 e. The fraction of sp³-hybridized carbons (Fsp3) is 0.348. The molecule has 2 fully saturated rings. The summed E-state index contributed by atoms with van der Waals surface area (Å²) in [5.74, 6) is 0.102. The van der Waals surface area contributed by atoms with Crippen LogP contribution in [0.25, 0.3) is 0 Å². The highest BCUT2D eigenvalue weighted by atomic mass is 35.5. The first kappa shape index (κ1) is 22.4. The van der Waals surface area contributed by atoms with Crippen molar-refractivity contribution >= 4 is 41.0 Å². The zero-order valence-electron chi connectivity index (χ0n) is 17.7. The van der Waals surface area contributed by atoms with E-state index in [9.17, 15) is 14.4 Å². The fourth-order valence-corrected chi connectivity index (χ4v) is 4.59. The van der Waals surface area contributed by atoms with Gasteiger partial charge in [-0.1, -0.05) is 41.4 Å². The lowest BCUT2D eigenvalue weighted by molar-refractivity contribution is -0.135. The molecule has 2 unspecified atom stereocenters. The average molecular weight is 476 g/mol. The summed E-state index contributed by atoms with van der Waals surface area (Å²) < 4.78 is 5.20. The Hall–Kier alpha value is -2.77. The molecule has 1 saturated heterocycles. The molecular formula is C23H23Cl2N3O4. The van der Waals surface area contributed by atoms with Gasteiger partial charge in [0.05, 0.1) is 13.2 Å². The summed E-state index contributed by atoms with van der Waals surface area (Å²) in [7, 11) is 1.60. The van der Waals surface area contributed by atoms with Crippen molar-refractivity contribution in [3.8, 4) is 5.75 Å². The van der Waals surface area contributed by atoms with Crippen molar-refractivity contribution in [1.82, 2.24) is 15.5 Å². The van der Waals surface area contributed by atoms with Crippen LogP contribution in [-0.2, 0) is 15.1 Å². The summed E-state index contributed by atoms with van der Waals surface area (Å²) in [4.78, 5) is 39.5. The van der Waals surface area contributed by atoms with Crippen LogP contribution in [0.5, 0.6) is 5.75 Å². The number of carbonyl (C=O) groups excluding carboxylic acids is 3. The predicted octanol–water partition coefficient (Wildman–Crippen LogP) is 4.04. The molecule has 4 rings (SSSR count). The Bertz CT molecular complexity index is 1070. The maximum absolute atomic E-state index is 13.1. The van der Waals surface area contributed by atoms with Crippen LogP contribution < -0.4 is 15.4 Å². The first-order valence-corrected chi connectivity index (χ1v) is 11.0. The van der Waals surface area contributed by atoms with Gasteiger partial charge in [-0.3, -0.25) is 14.5 Å². The molecule has 0 radical (unpaired) electrons. The Labute approximate surface area is 196 Å². The number of nitrogens with one attached hydrogen (secondary N) is 2. The van der Waals surface area contributed by atoms with Crippen LogP contribution in [0.15, 0.2) is 42.5 Å². The third-order valence-electron chi connectivity index (χ3n) is 5.93. The Kier molecular flexibility index (Phi) is 6.05. The predicted molar refractivity (Wildman–Crippen MR) is 121 cm³/mol. The molecule has 2 N–H and O–H groups in total. The summed E-state index contributed by atoms with van der Waals surface area (Å²) in [6, 6.07) is 11.4. The molecule has 32 heavy (non-hydrogen) atoms. The minimum atomic E-state index is -1.38. The number of methoxy groups -OCH3 is 1. The van der Waals surface area contributed by atoms with Gasteiger partial charge in [-0.15, -0.1) is 0 Å². The molecule has 1 saturated carbocycles. The summed E-state index contributed by atoms with van der Waals surface area (Å²) in [5, 5.41) is 6.32. The average Bonchev–Trinajstić information content (AvgIpc) is 3.57. The minimum absolute atomic E-state index is 0.189. The molecule has 0 bridgehead atoms. The highest BCUT2D eigenvalue weighted by Crippen LogP contribution is 2.41. The number of imide groups is 1. The molecule has 9 heteroatoms. The Morgan fingerprint density at radius 1 is 1.22 bits per heavy atom. The van der Waals surface area contributed by atoms with E-state index in [1.807, 2.05) is 24.3 Å². The van der Waals surface area contributed by atoms with E-state index in [0.29, 0.717) is 16.5 Å². The molecule has 7 nitrogen and oxygen atoms in total. The zero-order chi connectivity index (χ0) is 23.0. The number of hydrogen-bond donors (Lipinski definition) is 2. The molecule has 168 valence electrons.